The molecule has 0 amide bonds. The van der Waals surface area contributed by atoms with Gasteiger partial charge in [-0.1, -0.05) is 6.07 Å². The van der Waals surface area contributed by atoms with Crippen LogP contribution in [0.15, 0.2) is 29.2 Å². The number of hydrogen-bond acceptors (Lipinski definition) is 4. The van der Waals surface area contributed by atoms with Gasteiger partial charge in [-0.25, -0.2) is 0 Å². The van der Waals surface area contributed by atoms with Crippen LogP contribution in [0.5, 0.6) is 0 Å². The summed E-state index contributed by atoms with van der Waals surface area (Å²) in [7, 11) is 0. The molecule has 0 heterocycles. The fourth-order valence-electron chi connectivity index (χ4n) is 1.43. The first-order valence-corrected chi connectivity index (χ1v) is 6.95. The SMILES string of the molecule is CCOC(=O)CC(O)CSc1cccc(C(F)(F)F)c1. The number of ether oxygens (including phenoxy) is 1. The van der Waals surface area contributed by atoms with E-state index in [1.54, 1.807) is 6.92 Å². The molecule has 0 aromatic heterocycles. The van der Waals surface area contributed by atoms with E-state index < -0.39 is 23.8 Å². The predicted molar refractivity (Wildman–Crippen MR) is 69.4 cm³/mol. The van der Waals surface area contributed by atoms with Crippen LogP contribution in [-0.4, -0.2) is 29.5 Å². The quantitative estimate of drug-likeness (QED) is 0.648. The lowest BCUT2D eigenvalue weighted by Crippen LogP contribution is -2.17. The molecule has 3 nitrogen and oxygen atoms in total. The Labute approximate surface area is 119 Å². The molecule has 20 heavy (non-hydrogen) atoms. The molecule has 1 unspecified atom stereocenters. The van der Waals surface area contributed by atoms with E-state index >= 15 is 0 Å². The van der Waals surface area contributed by atoms with E-state index in [2.05, 4.69) is 4.74 Å². The lowest BCUT2D eigenvalue weighted by molar-refractivity contribution is -0.145. The number of alkyl halides is 3. The van der Waals surface area contributed by atoms with E-state index in [-0.39, 0.29) is 18.8 Å². The van der Waals surface area contributed by atoms with Crippen molar-refractivity contribution in [3.05, 3.63) is 29.8 Å². The standard InChI is InChI=1S/C13H15F3O3S/c1-2-19-12(18)7-10(17)8-20-11-5-3-4-9(6-11)13(14,15)16/h3-6,10,17H,2,7-8H2,1H3. The Kier molecular flexibility index (Phi) is 6.35. The molecule has 7 heteroatoms. The van der Waals surface area contributed by atoms with Crippen molar-refractivity contribution in [2.45, 2.75) is 30.5 Å². The van der Waals surface area contributed by atoms with E-state index in [1.807, 2.05) is 0 Å². The van der Waals surface area contributed by atoms with E-state index in [9.17, 15) is 23.1 Å². The van der Waals surface area contributed by atoms with Crippen molar-refractivity contribution >= 4 is 17.7 Å². The molecule has 0 saturated heterocycles. The number of aliphatic hydroxyl groups is 1. The molecular weight excluding hydrogens is 293 g/mol. The van der Waals surface area contributed by atoms with Gasteiger partial charge in [0.15, 0.2) is 0 Å². The number of halogens is 3. The second-order valence-electron chi connectivity index (χ2n) is 4.00. The van der Waals surface area contributed by atoms with Gasteiger partial charge in [0.25, 0.3) is 0 Å². The molecule has 1 atom stereocenters. The van der Waals surface area contributed by atoms with Crippen molar-refractivity contribution < 1.29 is 27.8 Å². The van der Waals surface area contributed by atoms with Gasteiger partial charge in [-0.05, 0) is 25.1 Å². The van der Waals surface area contributed by atoms with Gasteiger partial charge < -0.3 is 9.84 Å². The number of rotatable bonds is 6. The molecule has 0 aliphatic heterocycles. The third-order valence-electron chi connectivity index (χ3n) is 2.31. The molecule has 0 saturated carbocycles. The number of hydrogen-bond donors (Lipinski definition) is 1. The fourth-order valence-corrected chi connectivity index (χ4v) is 2.31. The summed E-state index contributed by atoms with van der Waals surface area (Å²) < 4.78 is 42.2. The number of aliphatic hydroxyl groups excluding tert-OH is 1. The van der Waals surface area contributed by atoms with Gasteiger partial charge in [-0.2, -0.15) is 13.2 Å². The highest BCUT2D eigenvalue weighted by atomic mass is 32.2. The topological polar surface area (TPSA) is 46.5 Å². The Hall–Kier alpha value is -1.21. The Morgan fingerprint density at radius 2 is 2.15 bits per heavy atom. The van der Waals surface area contributed by atoms with Crippen LogP contribution in [0.2, 0.25) is 0 Å². The zero-order chi connectivity index (χ0) is 15.2. The predicted octanol–water partition coefficient (Wildman–Crippen LogP) is 3.11. The summed E-state index contributed by atoms with van der Waals surface area (Å²) in [5.74, 6) is -0.398. The van der Waals surface area contributed by atoms with Crippen LogP contribution in [0.3, 0.4) is 0 Å². The zero-order valence-corrected chi connectivity index (χ0v) is 11.6. The monoisotopic (exact) mass is 308 g/mol. The molecule has 0 aliphatic rings. The molecule has 1 N–H and O–H groups in total. The zero-order valence-electron chi connectivity index (χ0n) is 10.8. The van der Waals surface area contributed by atoms with Crippen molar-refractivity contribution in [1.82, 2.24) is 0 Å². The maximum Gasteiger partial charge on any atom is 0.416 e. The van der Waals surface area contributed by atoms with Crippen molar-refractivity contribution in [1.29, 1.82) is 0 Å². The second-order valence-corrected chi connectivity index (χ2v) is 5.09. The lowest BCUT2D eigenvalue weighted by atomic mass is 10.2. The van der Waals surface area contributed by atoms with E-state index in [0.717, 1.165) is 23.9 Å². The van der Waals surface area contributed by atoms with E-state index in [0.29, 0.717) is 4.90 Å². The van der Waals surface area contributed by atoms with Gasteiger partial charge >= 0.3 is 12.1 Å². The third kappa shape index (κ3) is 5.83. The third-order valence-corrected chi connectivity index (χ3v) is 3.45. The maximum absolute atomic E-state index is 12.5. The minimum absolute atomic E-state index is 0.125. The molecule has 0 bridgehead atoms. The number of benzene rings is 1. The number of carbonyl (C=O) groups is 1. The van der Waals surface area contributed by atoms with Crippen LogP contribution in [0, 0.1) is 0 Å². The Morgan fingerprint density at radius 1 is 1.45 bits per heavy atom. The van der Waals surface area contributed by atoms with Gasteiger partial charge in [-0.3, -0.25) is 4.79 Å². The Morgan fingerprint density at radius 3 is 2.75 bits per heavy atom. The summed E-state index contributed by atoms with van der Waals surface area (Å²) in [6.07, 6.45) is -5.51. The molecule has 1 aromatic carbocycles. The first kappa shape index (κ1) is 16.8. The molecule has 1 rings (SSSR count). The van der Waals surface area contributed by atoms with Crippen LogP contribution >= 0.6 is 11.8 Å². The normalized spacial score (nSPS) is 13.1. The molecule has 0 spiro atoms. The van der Waals surface area contributed by atoms with E-state index in [1.165, 1.54) is 12.1 Å². The van der Waals surface area contributed by atoms with E-state index in [4.69, 9.17) is 0 Å². The molecule has 112 valence electrons. The van der Waals surface area contributed by atoms with Crippen LogP contribution in [0.1, 0.15) is 18.9 Å². The Bertz CT molecular complexity index is 449. The van der Waals surface area contributed by atoms with Crippen LogP contribution in [0.25, 0.3) is 0 Å². The average molecular weight is 308 g/mol. The summed E-state index contributed by atoms with van der Waals surface area (Å²) in [5, 5.41) is 9.59. The summed E-state index contributed by atoms with van der Waals surface area (Å²) >= 11 is 1.06. The highest BCUT2D eigenvalue weighted by Gasteiger charge is 2.30. The Balaban J connectivity index is 2.51. The van der Waals surface area contributed by atoms with Gasteiger partial charge in [0.2, 0.25) is 0 Å². The molecule has 0 fully saturated rings. The summed E-state index contributed by atoms with van der Waals surface area (Å²) in [5.41, 5.74) is -0.734. The van der Waals surface area contributed by atoms with Crippen molar-refractivity contribution in [2.24, 2.45) is 0 Å². The minimum Gasteiger partial charge on any atom is -0.466 e. The molecule has 1 aromatic rings. The van der Waals surface area contributed by atoms with Gasteiger partial charge in [0, 0.05) is 10.6 Å². The number of carbonyl (C=O) groups excluding carboxylic acids is 1. The molecule has 0 aliphatic carbocycles. The highest BCUT2D eigenvalue weighted by molar-refractivity contribution is 7.99. The number of thioether (sulfide) groups is 1. The van der Waals surface area contributed by atoms with Crippen molar-refractivity contribution in [2.75, 3.05) is 12.4 Å². The average Bonchev–Trinajstić information content (AvgIpc) is 2.36. The van der Waals surface area contributed by atoms with Crippen LogP contribution in [0.4, 0.5) is 13.2 Å². The van der Waals surface area contributed by atoms with Gasteiger partial charge in [0.05, 0.1) is 24.7 Å². The largest absolute Gasteiger partial charge is 0.466 e. The lowest BCUT2D eigenvalue weighted by Gasteiger charge is -2.11. The first-order chi connectivity index (χ1) is 9.32. The number of esters is 1. The molecular formula is C13H15F3O3S. The smallest absolute Gasteiger partial charge is 0.416 e. The summed E-state index contributed by atoms with van der Waals surface area (Å²) in [6, 6.07) is 4.83. The highest BCUT2D eigenvalue weighted by Crippen LogP contribution is 2.32. The van der Waals surface area contributed by atoms with Gasteiger partial charge in [-0.15, -0.1) is 11.8 Å². The second kappa shape index (κ2) is 7.54. The van der Waals surface area contributed by atoms with Crippen LogP contribution < -0.4 is 0 Å². The fraction of sp³-hybridized carbons (Fsp3) is 0.462. The van der Waals surface area contributed by atoms with Crippen molar-refractivity contribution in [3.63, 3.8) is 0 Å². The van der Waals surface area contributed by atoms with Crippen molar-refractivity contribution in [3.8, 4) is 0 Å². The first-order valence-electron chi connectivity index (χ1n) is 5.96. The van der Waals surface area contributed by atoms with Gasteiger partial charge in [0.1, 0.15) is 0 Å². The maximum atomic E-state index is 12.5. The summed E-state index contributed by atoms with van der Waals surface area (Å²) in [6.45, 7) is 1.88. The minimum atomic E-state index is -4.39. The summed E-state index contributed by atoms with van der Waals surface area (Å²) in [4.78, 5) is 11.5. The molecule has 0 radical (unpaired) electrons. The van der Waals surface area contributed by atoms with Crippen LogP contribution in [-0.2, 0) is 15.7 Å².